The van der Waals surface area contributed by atoms with Crippen molar-refractivity contribution in [2.75, 3.05) is 0 Å². The summed E-state index contributed by atoms with van der Waals surface area (Å²) < 4.78 is 49.0. The van der Waals surface area contributed by atoms with E-state index in [4.69, 9.17) is 34.5 Å². The van der Waals surface area contributed by atoms with Crippen LogP contribution in [0.2, 0.25) is 0 Å². The van der Waals surface area contributed by atoms with Crippen LogP contribution in [0.25, 0.3) is 44.3 Å². The van der Waals surface area contributed by atoms with E-state index in [9.17, 15) is 0 Å². The molecular weight excluding hydrogens is 972 g/mol. The topological polar surface area (TPSA) is 88.5 Å². The third-order valence-electron chi connectivity index (χ3n) is 17.7. The Balaban J connectivity index is 1.33. The number of aromatic nitrogens is 4. The van der Waals surface area contributed by atoms with E-state index in [0.29, 0.717) is 0 Å². The first kappa shape index (κ1) is 50.8. The molecule has 2 saturated heterocycles. The van der Waals surface area contributed by atoms with Crippen LogP contribution >= 0.6 is 0 Å². The molecule has 0 unspecified atom stereocenters. The Morgan fingerprint density at radius 2 is 0.676 bits per heavy atom. The Bertz CT molecular complexity index is 2380. The molecule has 0 bridgehead atoms. The molecule has 2 aliphatic carbocycles. The molecule has 68 heavy (non-hydrogen) atoms. The van der Waals surface area contributed by atoms with Gasteiger partial charge in [0.25, 0.3) is 0 Å². The average molecular weight is 1050 g/mol. The summed E-state index contributed by atoms with van der Waals surface area (Å²) in [5.41, 5.74) is 15.3. The van der Waals surface area contributed by atoms with E-state index in [0.717, 1.165) is 58.7 Å². The SMILES string of the molecule is CCCCCCC1(CCCCCC)c2cc3c(cc2-c2c1cc(B1OC(C)(C)C(C)(C)O1)c1n[se]nc21)C(CCCCCC)(CCCCCC)c1cc(B2OC(C)(C)C(C)(C)O2)c2n[se]nc2c1-3. The summed E-state index contributed by atoms with van der Waals surface area (Å²) >= 11 is -0.480. The van der Waals surface area contributed by atoms with Crippen molar-refractivity contribution in [2.45, 2.75) is 245 Å². The summed E-state index contributed by atoms with van der Waals surface area (Å²) in [4.78, 5) is 0. The summed E-state index contributed by atoms with van der Waals surface area (Å²) in [5, 5.41) is 0. The van der Waals surface area contributed by atoms with E-state index >= 15 is 0 Å². The van der Waals surface area contributed by atoms with Crippen LogP contribution in [0.5, 0.6) is 0 Å². The molecule has 2 fully saturated rings. The van der Waals surface area contributed by atoms with Crippen molar-refractivity contribution >= 4 is 77.2 Å². The maximum atomic E-state index is 6.91. The molecule has 2 aromatic heterocycles. The van der Waals surface area contributed by atoms with Crippen LogP contribution in [0.4, 0.5) is 0 Å². The van der Waals surface area contributed by atoms with Gasteiger partial charge in [-0.3, -0.25) is 0 Å². The average Bonchev–Trinajstić information content (AvgIpc) is 4.14. The Kier molecular flexibility index (Phi) is 14.7. The molecular formula is C56H80B2N4O4Se2. The molecule has 12 heteroatoms. The van der Waals surface area contributed by atoms with E-state index in [-0.39, 0.29) is 40.8 Å². The molecule has 366 valence electrons. The molecule has 0 saturated carbocycles. The van der Waals surface area contributed by atoms with Crippen molar-refractivity contribution in [2.24, 2.45) is 0 Å². The second-order valence-electron chi connectivity index (χ2n) is 23.2. The van der Waals surface area contributed by atoms with E-state index in [1.54, 1.807) is 0 Å². The van der Waals surface area contributed by atoms with Crippen molar-refractivity contribution in [3.05, 3.63) is 46.5 Å². The summed E-state index contributed by atoms with van der Waals surface area (Å²) in [6.45, 7) is 26.7. The van der Waals surface area contributed by atoms with Gasteiger partial charge in [0.1, 0.15) is 0 Å². The molecule has 4 heterocycles. The van der Waals surface area contributed by atoms with Crippen LogP contribution < -0.4 is 10.9 Å². The maximum absolute atomic E-state index is 6.91. The molecule has 4 aliphatic rings. The fourth-order valence-corrected chi connectivity index (χ4v) is 14.8. The number of nitrogens with zero attached hydrogens (tertiary/aromatic N) is 4. The van der Waals surface area contributed by atoms with E-state index in [2.05, 4.69) is 107 Å². The number of unbranched alkanes of at least 4 members (excludes halogenated alkanes) is 12. The van der Waals surface area contributed by atoms with Crippen LogP contribution in [0, 0.1) is 0 Å². The normalized spacial score (nSPS) is 19.9. The monoisotopic (exact) mass is 1050 g/mol. The van der Waals surface area contributed by atoms with E-state index in [1.807, 2.05) is 0 Å². The minimum atomic E-state index is -0.503. The first-order chi connectivity index (χ1) is 32.5. The van der Waals surface area contributed by atoms with Gasteiger partial charge in [-0.05, 0) is 0 Å². The van der Waals surface area contributed by atoms with Crippen LogP contribution in [-0.2, 0) is 29.4 Å². The number of fused-ring (bicyclic) bond motifs is 10. The predicted molar refractivity (Wildman–Crippen MR) is 285 cm³/mol. The van der Waals surface area contributed by atoms with Crippen molar-refractivity contribution in [1.82, 2.24) is 15.9 Å². The Morgan fingerprint density at radius 1 is 0.382 bits per heavy atom. The Labute approximate surface area is 422 Å². The van der Waals surface area contributed by atoms with Gasteiger partial charge in [-0.2, -0.15) is 0 Å². The van der Waals surface area contributed by atoms with Gasteiger partial charge in [-0.25, -0.2) is 0 Å². The van der Waals surface area contributed by atoms with Crippen LogP contribution in [-0.4, -0.2) is 82.5 Å². The fourth-order valence-electron chi connectivity index (χ4n) is 12.4. The molecule has 8 nitrogen and oxygen atoms in total. The van der Waals surface area contributed by atoms with Crippen LogP contribution in [0.3, 0.4) is 0 Å². The second kappa shape index (κ2) is 19.7. The molecule has 9 rings (SSSR count). The summed E-state index contributed by atoms with van der Waals surface area (Å²) in [5.74, 6) is 0. The third-order valence-corrected chi connectivity index (χ3v) is 20.0. The van der Waals surface area contributed by atoms with Gasteiger partial charge in [0.05, 0.1) is 0 Å². The number of benzene rings is 3. The summed E-state index contributed by atoms with van der Waals surface area (Å²) in [7, 11) is -1.01. The first-order valence-corrected chi connectivity index (χ1v) is 30.1. The molecule has 2 aliphatic heterocycles. The molecule has 0 amide bonds. The van der Waals surface area contributed by atoms with Crippen LogP contribution in [0.15, 0.2) is 24.3 Å². The molecule has 5 aromatic rings. The van der Waals surface area contributed by atoms with Crippen molar-refractivity contribution in [3.63, 3.8) is 0 Å². The van der Waals surface area contributed by atoms with Gasteiger partial charge in [-0.15, -0.1) is 0 Å². The number of hydrogen-bond acceptors (Lipinski definition) is 8. The molecule has 0 radical (unpaired) electrons. The standard InChI is InChI=1S/C56H80B2N4O4Se2/c1-13-17-21-25-29-55(30-26-22-18-14-2)39-33-38-40(34-37(39)45-41(55)35-43(47-49(45)61-67-59-47)57-63-51(5,6)52(7,8)64-57)56(31-27-23-19-15-3,32-28-24-20-16-4)42-36-44(48-50(46(38)42)62-68-60-48)58-65-53(9,10)54(11,12)66-58/h33-36H,13-32H2,1-12H3. The molecule has 0 atom stereocenters. The quantitative estimate of drug-likeness (QED) is 0.0500. The first-order valence-electron chi connectivity index (χ1n) is 27.0. The summed E-state index contributed by atoms with van der Waals surface area (Å²) in [6.07, 6.45) is 24.0. The Morgan fingerprint density at radius 3 is 0.971 bits per heavy atom. The van der Waals surface area contributed by atoms with Gasteiger partial charge in [0, 0.05) is 0 Å². The van der Waals surface area contributed by atoms with Crippen molar-refractivity contribution in [1.29, 1.82) is 0 Å². The Hall–Kier alpha value is -2.13. The zero-order valence-electron chi connectivity index (χ0n) is 43.8. The zero-order valence-corrected chi connectivity index (χ0v) is 47.3. The van der Waals surface area contributed by atoms with Gasteiger partial charge in [-0.1, -0.05) is 0 Å². The third kappa shape index (κ3) is 8.55. The molecule has 3 aromatic carbocycles. The predicted octanol–water partition coefficient (Wildman–Crippen LogP) is 12.7. The van der Waals surface area contributed by atoms with Gasteiger partial charge < -0.3 is 0 Å². The molecule has 0 spiro atoms. The zero-order chi connectivity index (χ0) is 48.3. The van der Waals surface area contributed by atoms with Crippen molar-refractivity contribution in [3.8, 4) is 22.3 Å². The fraction of sp³-hybridized carbons (Fsp3) is 0.679. The van der Waals surface area contributed by atoms with Crippen molar-refractivity contribution < 1.29 is 18.6 Å². The van der Waals surface area contributed by atoms with Gasteiger partial charge in [0.2, 0.25) is 0 Å². The minimum absolute atomic E-state index is 0.190. The van der Waals surface area contributed by atoms with E-state index < -0.39 is 36.6 Å². The second-order valence-corrected chi connectivity index (χ2v) is 25.4. The van der Waals surface area contributed by atoms with E-state index in [1.165, 1.54) is 147 Å². The van der Waals surface area contributed by atoms with Gasteiger partial charge in [0.15, 0.2) is 0 Å². The molecule has 0 N–H and O–H groups in total. The number of hydrogen-bond donors (Lipinski definition) is 0. The number of rotatable bonds is 22. The van der Waals surface area contributed by atoms with Gasteiger partial charge >= 0.3 is 425 Å². The summed E-state index contributed by atoms with van der Waals surface area (Å²) in [6, 6.07) is 10.5. The van der Waals surface area contributed by atoms with Crippen LogP contribution in [0.1, 0.15) is 234 Å².